The summed E-state index contributed by atoms with van der Waals surface area (Å²) < 4.78 is 14.2. The molecule has 1 fully saturated rings. The van der Waals surface area contributed by atoms with Crippen LogP contribution in [-0.2, 0) is 17.7 Å². The van der Waals surface area contributed by atoms with Crippen LogP contribution in [0.5, 0.6) is 5.75 Å². The summed E-state index contributed by atoms with van der Waals surface area (Å²) in [6.45, 7) is 5.80. The van der Waals surface area contributed by atoms with Crippen LogP contribution < -0.4 is 10.1 Å². The number of fused-ring (bicyclic) bond motifs is 2. The Balaban J connectivity index is 1.35. The second kappa shape index (κ2) is 8.64. The SMILES string of the molecule is Cc1c(CNc2ccc3c(c2)O[C@H](C)C3)cccc1-n1c(C2CCCO2)nc2cc(Cl)ccc21. The number of hydrogen-bond acceptors (Lipinski definition) is 4. The first-order valence-electron chi connectivity index (χ1n) is 12.0. The molecule has 2 aliphatic heterocycles. The van der Waals surface area contributed by atoms with Gasteiger partial charge in [-0.05, 0) is 73.7 Å². The summed E-state index contributed by atoms with van der Waals surface area (Å²) in [5.74, 6) is 1.94. The Hall–Kier alpha value is -3.02. The number of nitrogens with one attached hydrogen (secondary N) is 1. The molecular formula is C28H28ClN3O2. The van der Waals surface area contributed by atoms with Crippen molar-refractivity contribution in [2.75, 3.05) is 11.9 Å². The van der Waals surface area contributed by atoms with Crippen molar-refractivity contribution in [3.8, 4) is 11.4 Å². The maximum Gasteiger partial charge on any atom is 0.143 e. The van der Waals surface area contributed by atoms with Gasteiger partial charge in [-0.1, -0.05) is 29.8 Å². The smallest absolute Gasteiger partial charge is 0.143 e. The summed E-state index contributed by atoms with van der Waals surface area (Å²) >= 11 is 6.29. The number of imidazole rings is 1. The number of benzene rings is 3. The second-order valence-electron chi connectivity index (χ2n) is 9.31. The average Bonchev–Trinajstić information content (AvgIpc) is 3.55. The summed E-state index contributed by atoms with van der Waals surface area (Å²) in [5, 5.41) is 4.28. The van der Waals surface area contributed by atoms with Crippen LogP contribution in [-0.4, -0.2) is 22.3 Å². The van der Waals surface area contributed by atoms with Gasteiger partial charge in [-0.15, -0.1) is 0 Å². The van der Waals surface area contributed by atoms with Crippen molar-refractivity contribution in [2.45, 2.75) is 51.9 Å². The normalized spacial score (nSPS) is 19.4. The van der Waals surface area contributed by atoms with Gasteiger partial charge in [-0.25, -0.2) is 4.98 Å². The molecule has 0 spiro atoms. The Morgan fingerprint density at radius 1 is 1.15 bits per heavy atom. The second-order valence-corrected chi connectivity index (χ2v) is 9.75. The summed E-state index contributed by atoms with van der Waals surface area (Å²) in [6.07, 6.45) is 3.27. The molecule has 1 N–H and O–H groups in total. The highest BCUT2D eigenvalue weighted by atomic mass is 35.5. The van der Waals surface area contributed by atoms with E-state index in [0.717, 1.165) is 66.4 Å². The minimum atomic E-state index is 0.00108. The summed E-state index contributed by atoms with van der Waals surface area (Å²) in [7, 11) is 0. The Labute approximate surface area is 204 Å². The molecule has 6 rings (SSSR count). The van der Waals surface area contributed by atoms with Crippen molar-refractivity contribution < 1.29 is 9.47 Å². The molecule has 34 heavy (non-hydrogen) atoms. The van der Waals surface area contributed by atoms with Gasteiger partial charge in [0, 0.05) is 36.3 Å². The molecule has 3 heterocycles. The van der Waals surface area contributed by atoms with E-state index in [9.17, 15) is 0 Å². The fraction of sp³-hybridized carbons (Fsp3) is 0.321. The minimum absolute atomic E-state index is 0.00108. The van der Waals surface area contributed by atoms with Crippen LogP contribution in [0, 0.1) is 6.92 Å². The van der Waals surface area contributed by atoms with Crippen molar-refractivity contribution in [2.24, 2.45) is 0 Å². The Morgan fingerprint density at radius 3 is 2.91 bits per heavy atom. The molecule has 2 atom stereocenters. The lowest BCUT2D eigenvalue weighted by molar-refractivity contribution is 0.104. The van der Waals surface area contributed by atoms with Gasteiger partial charge in [-0.2, -0.15) is 0 Å². The minimum Gasteiger partial charge on any atom is -0.490 e. The van der Waals surface area contributed by atoms with Gasteiger partial charge in [0.1, 0.15) is 23.8 Å². The van der Waals surface area contributed by atoms with Gasteiger partial charge in [0.05, 0.1) is 16.7 Å². The number of halogens is 1. The predicted octanol–water partition coefficient (Wildman–Crippen LogP) is 6.77. The molecule has 4 aromatic rings. The third kappa shape index (κ3) is 3.83. The maximum atomic E-state index is 6.29. The summed E-state index contributed by atoms with van der Waals surface area (Å²) in [4.78, 5) is 4.96. The van der Waals surface area contributed by atoms with Crippen LogP contribution in [0.1, 0.15) is 48.4 Å². The van der Waals surface area contributed by atoms with Crippen LogP contribution in [0.25, 0.3) is 16.7 Å². The molecule has 0 bridgehead atoms. The monoisotopic (exact) mass is 473 g/mol. The third-order valence-electron chi connectivity index (χ3n) is 6.90. The molecule has 6 heteroatoms. The highest BCUT2D eigenvalue weighted by Gasteiger charge is 2.26. The molecule has 1 unspecified atom stereocenters. The quantitative estimate of drug-likeness (QED) is 0.347. The molecule has 3 aromatic carbocycles. The lowest BCUT2D eigenvalue weighted by atomic mass is 10.1. The Morgan fingerprint density at radius 2 is 2.06 bits per heavy atom. The topological polar surface area (TPSA) is 48.3 Å². The average molecular weight is 474 g/mol. The van der Waals surface area contributed by atoms with E-state index in [2.05, 4.69) is 66.2 Å². The van der Waals surface area contributed by atoms with Crippen molar-refractivity contribution in [1.29, 1.82) is 0 Å². The number of anilines is 1. The maximum absolute atomic E-state index is 6.29. The molecule has 1 aromatic heterocycles. The van der Waals surface area contributed by atoms with Crippen molar-refractivity contribution in [1.82, 2.24) is 9.55 Å². The lowest BCUT2D eigenvalue weighted by Gasteiger charge is -2.18. The molecular weight excluding hydrogens is 446 g/mol. The van der Waals surface area contributed by atoms with Crippen LogP contribution in [0.15, 0.2) is 54.6 Å². The van der Waals surface area contributed by atoms with Gasteiger partial charge >= 0.3 is 0 Å². The fourth-order valence-corrected chi connectivity index (χ4v) is 5.30. The highest BCUT2D eigenvalue weighted by molar-refractivity contribution is 6.31. The summed E-state index contributed by atoms with van der Waals surface area (Å²) in [6, 6.07) is 18.8. The van der Waals surface area contributed by atoms with Crippen molar-refractivity contribution in [3.63, 3.8) is 0 Å². The van der Waals surface area contributed by atoms with E-state index in [0.29, 0.717) is 5.02 Å². The molecule has 0 amide bonds. The lowest BCUT2D eigenvalue weighted by Crippen LogP contribution is -2.10. The fourth-order valence-electron chi connectivity index (χ4n) is 5.13. The zero-order chi connectivity index (χ0) is 23.2. The molecule has 2 aliphatic rings. The van der Waals surface area contributed by atoms with E-state index in [4.69, 9.17) is 26.1 Å². The zero-order valence-electron chi connectivity index (χ0n) is 19.5. The number of nitrogens with zero attached hydrogens (tertiary/aromatic N) is 2. The largest absolute Gasteiger partial charge is 0.490 e. The molecule has 0 aliphatic carbocycles. The number of ether oxygens (including phenoxy) is 2. The first-order valence-corrected chi connectivity index (χ1v) is 12.4. The van der Waals surface area contributed by atoms with Gasteiger partial charge in [0.15, 0.2) is 0 Å². The molecule has 1 saturated heterocycles. The molecule has 0 radical (unpaired) electrons. The number of hydrogen-bond donors (Lipinski definition) is 1. The van der Waals surface area contributed by atoms with Crippen molar-refractivity contribution in [3.05, 3.63) is 82.1 Å². The van der Waals surface area contributed by atoms with Gasteiger partial charge in [0.25, 0.3) is 0 Å². The molecule has 5 nitrogen and oxygen atoms in total. The van der Waals surface area contributed by atoms with Crippen LogP contribution in [0.2, 0.25) is 5.02 Å². The first-order chi connectivity index (χ1) is 16.6. The van der Waals surface area contributed by atoms with E-state index in [1.54, 1.807) is 0 Å². The number of aromatic nitrogens is 2. The first kappa shape index (κ1) is 21.5. The predicted molar refractivity (Wildman–Crippen MR) is 136 cm³/mol. The number of rotatable bonds is 5. The van der Waals surface area contributed by atoms with Crippen LogP contribution in [0.3, 0.4) is 0 Å². The standard InChI is InChI=1S/C28H28ClN3O2/c1-17-13-19-8-10-22(15-27(19)34-17)30-16-20-5-3-6-24(18(20)2)32-25-11-9-21(29)14-23(25)31-28(32)26-7-4-12-33-26/h3,5-6,8-11,14-15,17,26,30H,4,7,12-13,16H2,1-2H3/t17-,26?/m1/s1. The highest BCUT2D eigenvalue weighted by Crippen LogP contribution is 2.35. The third-order valence-corrected chi connectivity index (χ3v) is 7.14. The Kier molecular flexibility index (Phi) is 5.47. The van der Waals surface area contributed by atoms with E-state index >= 15 is 0 Å². The van der Waals surface area contributed by atoms with Gasteiger partial charge in [0.2, 0.25) is 0 Å². The Bertz CT molecular complexity index is 1370. The van der Waals surface area contributed by atoms with E-state index < -0.39 is 0 Å². The van der Waals surface area contributed by atoms with Crippen LogP contribution in [0.4, 0.5) is 5.69 Å². The van der Waals surface area contributed by atoms with Gasteiger partial charge < -0.3 is 14.8 Å². The van der Waals surface area contributed by atoms with E-state index in [-0.39, 0.29) is 12.2 Å². The van der Waals surface area contributed by atoms with Crippen LogP contribution >= 0.6 is 11.6 Å². The summed E-state index contributed by atoms with van der Waals surface area (Å²) in [5.41, 5.74) is 7.88. The van der Waals surface area contributed by atoms with Gasteiger partial charge in [-0.3, -0.25) is 4.57 Å². The van der Waals surface area contributed by atoms with Crippen molar-refractivity contribution >= 4 is 28.3 Å². The van der Waals surface area contributed by atoms with E-state index in [1.165, 1.54) is 16.7 Å². The van der Waals surface area contributed by atoms with E-state index in [1.807, 2.05) is 12.1 Å². The molecule has 174 valence electrons. The zero-order valence-corrected chi connectivity index (χ0v) is 20.2. The molecule has 0 saturated carbocycles.